The van der Waals surface area contributed by atoms with E-state index in [2.05, 4.69) is 15.9 Å². The van der Waals surface area contributed by atoms with Crippen LogP contribution >= 0.6 is 15.9 Å². The van der Waals surface area contributed by atoms with Gasteiger partial charge in [0, 0.05) is 10.7 Å². The lowest BCUT2D eigenvalue weighted by atomic mass is 9.84. The fraction of sp³-hybridized carbons (Fsp3) is 0.227. The average Bonchev–Trinajstić information content (AvgIpc) is 3.15. The molecule has 5 nitrogen and oxygen atoms in total. The number of nitrogens with zero attached hydrogens (tertiary/aromatic N) is 2. The van der Waals surface area contributed by atoms with E-state index in [1.165, 1.54) is 11.8 Å². The molecule has 0 N–H and O–H groups in total. The third-order valence-corrected chi connectivity index (χ3v) is 6.44. The van der Waals surface area contributed by atoms with Crippen molar-refractivity contribution in [3.8, 4) is 0 Å². The summed E-state index contributed by atoms with van der Waals surface area (Å²) in [4.78, 5) is 42.5. The number of hydrogen-bond acceptors (Lipinski definition) is 4. The molecule has 4 atom stereocenters. The molecule has 0 unspecified atom stereocenters. The quantitative estimate of drug-likeness (QED) is 0.675. The number of amides is 2. The van der Waals surface area contributed by atoms with Crippen molar-refractivity contribution in [2.24, 2.45) is 11.8 Å². The second-order valence-corrected chi connectivity index (χ2v) is 8.35. The Labute approximate surface area is 170 Å². The predicted molar refractivity (Wildman–Crippen MR) is 108 cm³/mol. The molecule has 3 aliphatic rings. The van der Waals surface area contributed by atoms with Crippen molar-refractivity contribution in [3.05, 3.63) is 70.3 Å². The first-order valence-electron chi connectivity index (χ1n) is 9.17. The fourth-order valence-corrected chi connectivity index (χ4v) is 5.28. The van der Waals surface area contributed by atoms with Crippen LogP contribution in [0.2, 0.25) is 0 Å². The summed E-state index contributed by atoms with van der Waals surface area (Å²) in [5, 5.41) is 0. The Morgan fingerprint density at radius 2 is 1.75 bits per heavy atom. The minimum Gasteiger partial charge on any atom is -0.359 e. The van der Waals surface area contributed by atoms with Crippen LogP contribution in [0.4, 0.5) is 5.69 Å². The zero-order valence-electron chi connectivity index (χ0n) is 15.1. The summed E-state index contributed by atoms with van der Waals surface area (Å²) in [6, 6.07) is 14.1. The number of benzene rings is 2. The molecule has 2 fully saturated rings. The van der Waals surface area contributed by atoms with Crippen LogP contribution in [0.5, 0.6) is 0 Å². The number of rotatable bonds is 2. The van der Waals surface area contributed by atoms with E-state index in [0.717, 1.165) is 15.6 Å². The van der Waals surface area contributed by atoms with Crippen LogP contribution in [0.25, 0.3) is 6.08 Å². The van der Waals surface area contributed by atoms with Crippen LogP contribution in [0.15, 0.2) is 59.2 Å². The molecule has 28 heavy (non-hydrogen) atoms. The highest BCUT2D eigenvalue weighted by molar-refractivity contribution is 9.10. The Morgan fingerprint density at radius 1 is 1.00 bits per heavy atom. The number of fused-ring (bicyclic) bond motifs is 5. The Kier molecular flexibility index (Phi) is 3.81. The molecule has 0 radical (unpaired) electrons. The third kappa shape index (κ3) is 2.27. The Morgan fingerprint density at radius 3 is 2.50 bits per heavy atom. The molecule has 140 valence electrons. The number of Topliss-reactive ketones (excluding diaryl/α,β-unsaturated/α-hetero) is 1. The lowest BCUT2D eigenvalue weighted by Gasteiger charge is -2.34. The van der Waals surface area contributed by atoms with Crippen LogP contribution in [0.1, 0.15) is 24.1 Å². The van der Waals surface area contributed by atoms with Gasteiger partial charge in [0.2, 0.25) is 11.8 Å². The number of carbonyl (C=O) groups is 3. The number of anilines is 1. The second kappa shape index (κ2) is 6.14. The maximum Gasteiger partial charge on any atom is 0.240 e. The van der Waals surface area contributed by atoms with Crippen molar-refractivity contribution in [1.82, 2.24) is 4.90 Å². The van der Waals surface area contributed by atoms with Gasteiger partial charge in [0.1, 0.15) is 0 Å². The number of halogens is 1. The topological polar surface area (TPSA) is 57.7 Å². The van der Waals surface area contributed by atoms with E-state index in [-0.39, 0.29) is 23.6 Å². The first kappa shape index (κ1) is 17.4. The van der Waals surface area contributed by atoms with Gasteiger partial charge < -0.3 is 4.90 Å². The maximum absolute atomic E-state index is 13.5. The summed E-state index contributed by atoms with van der Waals surface area (Å²) in [5.41, 5.74) is 2.54. The molecule has 0 saturated carbocycles. The molecule has 2 aromatic carbocycles. The molecule has 5 rings (SSSR count). The average molecular weight is 437 g/mol. The molecule has 2 saturated heterocycles. The Bertz CT molecular complexity index is 1060. The van der Waals surface area contributed by atoms with E-state index < -0.39 is 17.9 Å². The zero-order valence-corrected chi connectivity index (χ0v) is 16.7. The molecule has 0 bridgehead atoms. The van der Waals surface area contributed by atoms with E-state index in [9.17, 15) is 14.4 Å². The summed E-state index contributed by atoms with van der Waals surface area (Å²) < 4.78 is 0.790. The third-order valence-electron chi connectivity index (χ3n) is 5.94. The van der Waals surface area contributed by atoms with Crippen LogP contribution in [0, 0.1) is 11.8 Å². The van der Waals surface area contributed by atoms with E-state index in [4.69, 9.17) is 0 Å². The Balaban J connectivity index is 1.66. The smallest absolute Gasteiger partial charge is 0.240 e. The van der Waals surface area contributed by atoms with E-state index >= 15 is 0 Å². The van der Waals surface area contributed by atoms with Crippen molar-refractivity contribution in [2.75, 3.05) is 4.90 Å². The van der Waals surface area contributed by atoms with Gasteiger partial charge in [0.25, 0.3) is 0 Å². The lowest BCUT2D eigenvalue weighted by Crippen LogP contribution is -2.43. The molecule has 6 heteroatoms. The van der Waals surface area contributed by atoms with Gasteiger partial charge in [-0.3, -0.25) is 14.4 Å². The second-order valence-electron chi connectivity index (χ2n) is 7.44. The zero-order chi connectivity index (χ0) is 19.6. The highest BCUT2D eigenvalue weighted by atomic mass is 79.9. The molecule has 3 aliphatic heterocycles. The molecule has 0 spiro atoms. The molecule has 0 aliphatic carbocycles. The standard InChI is InChI=1S/C22H17BrN2O3/c1-12(26)19-17-18(20-16-8-3-2-5-13(16)9-10-24(19)20)22(28)25(21(17)27)15-7-4-6-14(23)11-15/h2-11,17-20H,1H3/t17-,18-,19-,20+/m1/s1. The first-order chi connectivity index (χ1) is 13.5. The monoisotopic (exact) mass is 436 g/mol. The minimum absolute atomic E-state index is 0.0984. The summed E-state index contributed by atoms with van der Waals surface area (Å²) in [6.07, 6.45) is 3.81. The van der Waals surface area contributed by atoms with Crippen LogP contribution < -0.4 is 4.90 Å². The summed E-state index contributed by atoms with van der Waals surface area (Å²) >= 11 is 3.40. The largest absolute Gasteiger partial charge is 0.359 e. The highest BCUT2D eigenvalue weighted by Gasteiger charge is 2.63. The van der Waals surface area contributed by atoms with Gasteiger partial charge in [-0.15, -0.1) is 0 Å². The number of imide groups is 1. The van der Waals surface area contributed by atoms with Gasteiger partial charge in [-0.2, -0.15) is 0 Å². The predicted octanol–water partition coefficient (Wildman–Crippen LogP) is 3.55. The van der Waals surface area contributed by atoms with Crippen molar-refractivity contribution >= 4 is 45.3 Å². The minimum atomic E-state index is -0.676. The molecular weight excluding hydrogens is 420 g/mol. The lowest BCUT2D eigenvalue weighted by molar-refractivity contribution is -0.129. The van der Waals surface area contributed by atoms with Gasteiger partial charge >= 0.3 is 0 Å². The van der Waals surface area contributed by atoms with Gasteiger partial charge in [0.05, 0.1) is 29.6 Å². The number of hydrogen-bond donors (Lipinski definition) is 0. The van der Waals surface area contributed by atoms with Crippen molar-refractivity contribution in [2.45, 2.75) is 19.0 Å². The molecule has 2 aromatic rings. The number of carbonyl (C=O) groups excluding carboxylic acids is 3. The van der Waals surface area contributed by atoms with E-state index in [1.54, 1.807) is 18.2 Å². The molecule has 0 aromatic heterocycles. The van der Waals surface area contributed by atoms with Crippen molar-refractivity contribution in [1.29, 1.82) is 0 Å². The van der Waals surface area contributed by atoms with Gasteiger partial charge in [0.15, 0.2) is 5.78 Å². The van der Waals surface area contributed by atoms with E-state index in [1.807, 2.05) is 47.5 Å². The van der Waals surface area contributed by atoms with Crippen LogP contribution in [-0.4, -0.2) is 28.5 Å². The SMILES string of the molecule is CC(=O)[C@@H]1[C@@H]2C(=O)N(c3cccc(Br)c3)C(=O)[C@H]2[C@@H]2c3ccccc3C=CN12. The Hall–Kier alpha value is -2.73. The van der Waals surface area contributed by atoms with Gasteiger partial charge in [-0.1, -0.05) is 46.3 Å². The molecule has 2 amide bonds. The summed E-state index contributed by atoms with van der Waals surface area (Å²) in [6.45, 7) is 1.50. The van der Waals surface area contributed by atoms with Crippen molar-refractivity contribution in [3.63, 3.8) is 0 Å². The summed E-state index contributed by atoms with van der Waals surface area (Å²) in [5.74, 6) is -1.89. The van der Waals surface area contributed by atoms with Gasteiger partial charge in [-0.05, 0) is 42.3 Å². The number of ketones is 1. The van der Waals surface area contributed by atoms with E-state index in [0.29, 0.717) is 5.69 Å². The maximum atomic E-state index is 13.5. The first-order valence-corrected chi connectivity index (χ1v) is 9.97. The van der Waals surface area contributed by atoms with Gasteiger partial charge in [-0.25, -0.2) is 4.90 Å². The van der Waals surface area contributed by atoms with Crippen LogP contribution in [0.3, 0.4) is 0 Å². The molecule has 3 heterocycles. The van der Waals surface area contributed by atoms with Crippen molar-refractivity contribution < 1.29 is 14.4 Å². The fourth-order valence-electron chi connectivity index (χ4n) is 4.89. The van der Waals surface area contributed by atoms with Crippen LogP contribution in [-0.2, 0) is 14.4 Å². The summed E-state index contributed by atoms with van der Waals surface area (Å²) in [7, 11) is 0. The molecular formula is C22H17BrN2O3. The highest BCUT2D eigenvalue weighted by Crippen LogP contribution is 2.53. The normalized spacial score (nSPS) is 27.6.